The number of hydrogen-bond acceptors (Lipinski definition) is 3. The molecule has 29 heavy (non-hydrogen) atoms. The molecule has 0 aliphatic heterocycles. The number of ketones is 1. The number of hydrogen-bond donors (Lipinski definition) is 1. The zero-order chi connectivity index (χ0) is 19.8. The normalized spacial score (nSPS) is 50.1. The van der Waals surface area contributed by atoms with Crippen molar-refractivity contribution in [3.8, 4) is 0 Å². The maximum atomic E-state index is 13.3. The molecule has 5 fully saturated rings. The molecule has 0 aromatic carbocycles. The zero-order valence-corrected chi connectivity index (χ0v) is 17.7. The van der Waals surface area contributed by atoms with E-state index in [2.05, 4.69) is 11.9 Å². The Morgan fingerprint density at radius 2 is 1.76 bits per heavy atom. The quantitative estimate of drug-likeness (QED) is 0.801. The Balaban J connectivity index is 1.20. The van der Waals surface area contributed by atoms with E-state index in [9.17, 15) is 9.90 Å². The summed E-state index contributed by atoms with van der Waals surface area (Å²) in [5.74, 6) is 5.35. The van der Waals surface area contributed by atoms with Crippen LogP contribution in [0.4, 0.5) is 0 Å². The lowest BCUT2D eigenvalue weighted by Crippen LogP contribution is -2.50. The van der Waals surface area contributed by atoms with Crippen LogP contribution in [0, 0.1) is 46.8 Å². The highest BCUT2D eigenvalue weighted by atomic mass is 16.3. The van der Waals surface area contributed by atoms with Crippen LogP contribution in [0.5, 0.6) is 0 Å². The van der Waals surface area contributed by atoms with Gasteiger partial charge >= 0.3 is 0 Å². The number of carbonyl (C=O) groups is 1. The second-order valence-electron chi connectivity index (χ2n) is 11.4. The summed E-state index contributed by atoms with van der Waals surface area (Å²) >= 11 is 0. The molecule has 6 rings (SSSR count). The highest BCUT2D eigenvalue weighted by Gasteiger charge is 2.65. The summed E-state index contributed by atoms with van der Waals surface area (Å²) in [5, 5.41) is 10.6. The minimum atomic E-state index is -0.270. The first-order chi connectivity index (χ1) is 14.0. The van der Waals surface area contributed by atoms with E-state index in [-0.39, 0.29) is 16.9 Å². The van der Waals surface area contributed by atoms with Crippen LogP contribution in [0.15, 0.2) is 24.4 Å². The number of aromatic nitrogens is 1. The van der Waals surface area contributed by atoms with Gasteiger partial charge in [-0.3, -0.25) is 9.78 Å². The summed E-state index contributed by atoms with van der Waals surface area (Å²) in [5.41, 5.74) is 0.862. The lowest BCUT2D eigenvalue weighted by atomic mass is 9.49. The fourth-order valence-electron chi connectivity index (χ4n) is 9.02. The van der Waals surface area contributed by atoms with Crippen molar-refractivity contribution < 1.29 is 9.90 Å². The van der Waals surface area contributed by atoms with Crippen LogP contribution in [-0.2, 0) is 11.2 Å². The predicted molar refractivity (Wildman–Crippen MR) is 112 cm³/mol. The van der Waals surface area contributed by atoms with Gasteiger partial charge in [0, 0.05) is 24.2 Å². The Hall–Kier alpha value is -1.22. The van der Waals surface area contributed by atoms with Gasteiger partial charge in [0.05, 0.1) is 5.60 Å². The van der Waals surface area contributed by atoms with Gasteiger partial charge in [-0.05, 0) is 111 Å². The van der Waals surface area contributed by atoms with Crippen molar-refractivity contribution in [2.75, 3.05) is 0 Å². The van der Waals surface area contributed by atoms with Gasteiger partial charge in [-0.2, -0.15) is 0 Å². The number of nitrogens with zero attached hydrogens (tertiary/aromatic N) is 1. The largest absolute Gasteiger partial charge is 0.390 e. The monoisotopic (exact) mass is 393 g/mol. The van der Waals surface area contributed by atoms with Gasteiger partial charge in [0.25, 0.3) is 0 Å². The topological polar surface area (TPSA) is 50.2 Å². The molecule has 9 unspecified atom stereocenters. The van der Waals surface area contributed by atoms with Crippen LogP contribution in [0.2, 0.25) is 0 Å². The lowest BCUT2D eigenvalue weighted by Gasteiger charge is -2.56. The van der Waals surface area contributed by atoms with Gasteiger partial charge in [-0.15, -0.1) is 0 Å². The Labute approximate surface area is 174 Å². The smallest absolute Gasteiger partial charge is 0.142 e. The van der Waals surface area contributed by atoms with Crippen LogP contribution in [0.3, 0.4) is 0 Å². The van der Waals surface area contributed by atoms with E-state index in [0.717, 1.165) is 54.5 Å². The maximum Gasteiger partial charge on any atom is 0.142 e. The summed E-state index contributed by atoms with van der Waals surface area (Å²) in [7, 11) is 0. The van der Waals surface area contributed by atoms with Gasteiger partial charge in [0.1, 0.15) is 5.78 Å². The average molecular weight is 394 g/mol. The molecule has 0 bridgehead atoms. The standard InChI is InChI=1S/C26H35NO2/c1-25-11-9-17-18-10-12-26(29)15-23(26)20(18)6-5-19(17)21(25)7-8-22(25)24(28)14-16-4-2-3-13-27-16/h2-4,13,17-23,29H,5-12,14-15H2,1H3. The van der Waals surface area contributed by atoms with E-state index in [1.165, 1.54) is 38.5 Å². The van der Waals surface area contributed by atoms with E-state index < -0.39 is 0 Å². The molecule has 5 aliphatic carbocycles. The van der Waals surface area contributed by atoms with Crippen molar-refractivity contribution >= 4 is 5.78 Å². The van der Waals surface area contributed by atoms with Crippen LogP contribution >= 0.6 is 0 Å². The molecule has 1 heterocycles. The molecule has 1 N–H and O–H groups in total. The van der Waals surface area contributed by atoms with E-state index >= 15 is 0 Å². The van der Waals surface area contributed by atoms with Crippen LogP contribution < -0.4 is 0 Å². The van der Waals surface area contributed by atoms with Crippen LogP contribution in [-0.4, -0.2) is 21.5 Å². The average Bonchev–Trinajstić information content (AvgIpc) is 3.29. The van der Waals surface area contributed by atoms with E-state index in [0.29, 0.717) is 18.1 Å². The molecule has 1 aromatic rings. The second-order valence-corrected chi connectivity index (χ2v) is 11.4. The van der Waals surface area contributed by atoms with E-state index in [1.807, 2.05) is 18.2 Å². The van der Waals surface area contributed by atoms with Crippen molar-refractivity contribution in [2.45, 2.75) is 76.7 Å². The lowest BCUT2D eigenvalue weighted by molar-refractivity contribution is -0.130. The number of rotatable bonds is 3. The fourth-order valence-corrected chi connectivity index (χ4v) is 9.02. The van der Waals surface area contributed by atoms with Crippen molar-refractivity contribution in [1.29, 1.82) is 0 Å². The third-order valence-corrected chi connectivity index (χ3v) is 10.4. The molecule has 5 aliphatic rings. The first kappa shape index (κ1) is 18.5. The summed E-state index contributed by atoms with van der Waals surface area (Å²) in [6, 6.07) is 5.91. The molecular formula is C26H35NO2. The molecular weight excluding hydrogens is 358 g/mol. The Bertz CT molecular complexity index is 808. The van der Waals surface area contributed by atoms with Crippen molar-refractivity contribution in [2.24, 2.45) is 46.8 Å². The molecule has 3 nitrogen and oxygen atoms in total. The molecule has 0 amide bonds. The Morgan fingerprint density at radius 1 is 1.00 bits per heavy atom. The SMILES string of the molecule is CC12CCC3C4CCC5(O)CC5C4CCC3C1CCC2C(=O)Cc1ccccn1. The molecule has 1 aromatic heterocycles. The molecule has 0 spiro atoms. The molecule has 0 radical (unpaired) electrons. The number of fused-ring (bicyclic) bond motifs is 7. The van der Waals surface area contributed by atoms with Gasteiger partial charge in [0.2, 0.25) is 0 Å². The van der Waals surface area contributed by atoms with E-state index in [4.69, 9.17) is 0 Å². The first-order valence-electron chi connectivity index (χ1n) is 12.1. The van der Waals surface area contributed by atoms with Gasteiger partial charge in [0.15, 0.2) is 0 Å². The number of carbonyl (C=O) groups excluding carboxylic acids is 1. The summed E-state index contributed by atoms with van der Waals surface area (Å²) in [4.78, 5) is 17.7. The molecule has 0 saturated heterocycles. The highest BCUT2D eigenvalue weighted by molar-refractivity contribution is 5.84. The molecule has 156 valence electrons. The van der Waals surface area contributed by atoms with E-state index in [1.54, 1.807) is 6.20 Å². The predicted octanol–water partition coefficient (Wildman–Crippen LogP) is 4.82. The fraction of sp³-hybridized carbons (Fsp3) is 0.769. The first-order valence-corrected chi connectivity index (χ1v) is 12.1. The minimum absolute atomic E-state index is 0.203. The van der Waals surface area contributed by atoms with Crippen molar-refractivity contribution in [3.63, 3.8) is 0 Å². The molecule has 9 atom stereocenters. The Morgan fingerprint density at radius 3 is 2.52 bits per heavy atom. The third-order valence-electron chi connectivity index (χ3n) is 10.4. The minimum Gasteiger partial charge on any atom is -0.390 e. The van der Waals surface area contributed by atoms with Crippen molar-refractivity contribution in [3.05, 3.63) is 30.1 Å². The number of aliphatic hydroxyl groups is 1. The van der Waals surface area contributed by atoms with Gasteiger partial charge < -0.3 is 5.11 Å². The summed E-state index contributed by atoms with van der Waals surface area (Å²) in [6.07, 6.45) is 13.3. The molecule has 3 heteroatoms. The molecule has 5 saturated carbocycles. The van der Waals surface area contributed by atoms with Crippen LogP contribution in [0.25, 0.3) is 0 Å². The van der Waals surface area contributed by atoms with Gasteiger partial charge in [-0.25, -0.2) is 0 Å². The summed E-state index contributed by atoms with van der Waals surface area (Å²) < 4.78 is 0. The Kier molecular flexibility index (Phi) is 4.08. The number of pyridine rings is 1. The van der Waals surface area contributed by atoms with Gasteiger partial charge in [-0.1, -0.05) is 13.0 Å². The third kappa shape index (κ3) is 2.72. The number of Topliss-reactive ketones (excluding diaryl/α,β-unsaturated/α-hetero) is 1. The highest BCUT2D eigenvalue weighted by Crippen LogP contribution is 2.68. The second kappa shape index (κ2) is 6.39. The van der Waals surface area contributed by atoms with Crippen molar-refractivity contribution in [1.82, 2.24) is 4.98 Å². The summed E-state index contributed by atoms with van der Waals surface area (Å²) in [6.45, 7) is 2.45. The maximum absolute atomic E-state index is 13.3. The van der Waals surface area contributed by atoms with Crippen LogP contribution in [0.1, 0.15) is 70.4 Å². The zero-order valence-electron chi connectivity index (χ0n) is 17.7.